The number of ether oxygens (including phenoxy) is 1. The van der Waals surface area contributed by atoms with Gasteiger partial charge in [0.1, 0.15) is 46.4 Å². The minimum atomic E-state index is -2.25. The lowest BCUT2D eigenvalue weighted by molar-refractivity contribution is -0.126. The predicted molar refractivity (Wildman–Crippen MR) is 542 cm³/mol. The topological polar surface area (TPSA) is 436 Å². The van der Waals surface area contributed by atoms with Crippen molar-refractivity contribution in [2.24, 2.45) is 0 Å². The van der Waals surface area contributed by atoms with Gasteiger partial charge in [0.25, 0.3) is 0 Å². The summed E-state index contributed by atoms with van der Waals surface area (Å²) in [5, 5.41) is 75.4. The second kappa shape index (κ2) is 48.4. The summed E-state index contributed by atoms with van der Waals surface area (Å²) >= 11 is 22.2. The molecule has 5 aliphatic rings. The number of hydrogen-bond donors (Lipinski definition) is 16. The number of carbonyl (C=O) groups excluding carboxylic acids is 5. The first kappa shape index (κ1) is 106. The molecular formula is C102H103Br3Cl2F6N20O12. The lowest BCUT2D eigenvalue weighted by Gasteiger charge is -2.24. The minimum Gasteiger partial charge on any atom is -0.506 e. The molecule has 20 rings (SSSR count). The summed E-state index contributed by atoms with van der Waals surface area (Å²) in [7, 11) is 0. The van der Waals surface area contributed by atoms with E-state index in [0.29, 0.717) is 134 Å². The van der Waals surface area contributed by atoms with E-state index in [9.17, 15) is 81.0 Å². The molecular weight excluding hydrogens is 2120 g/mol. The number of rotatable bonds is 27. The van der Waals surface area contributed by atoms with E-state index in [-0.39, 0.29) is 91.9 Å². The van der Waals surface area contributed by atoms with Crippen molar-refractivity contribution in [1.29, 1.82) is 0 Å². The van der Waals surface area contributed by atoms with Crippen molar-refractivity contribution in [3.05, 3.63) is 309 Å². The van der Waals surface area contributed by atoms with Gasteiger partial charge in [-0.1, -0.05) is 150 Å². The number of hydrogen-bond acceptors (Lipinski definition) is 22. The van der Waals surface area contributed by atoms with Crippen LogP contribution in [-0.2, 0) is 89.4 Å². The van der Waals surface area contributed by atoms with E-state index in [0.717, 1.165) is 81.3 Å². The maximum absolute atomic E-state index is 14.2. The molecule has 5 aromatic heterocycles. The molecule has 0 saturated carbocycles. The van der Waals surface area contributed by atoms with Gasteiger partial charge in [-0.3, -0.25) is 48.5 Å². The molecule has 10 heterocycles. The van der Waals surface area contributed by atoms with Crippen LogP contribution in [0.25, 0.3) is 55.2 Å². The Morgan fingerprint density at radius 1 is 0.366 bits per heavy atom. The van der Waals surface area contributed by atoms with E-state index in [1.807, 2.05) is 179 Å². The quantitative estimate of drug-likeness (QED) is 0.0129. The minimum absolute atomic E-state index is 0.0243. The molecule has 15 aromatic rings. The number of nitrogens with zero attached hydrogens (tertiary/aromatic N) is 10. The zero-order chi connectivity index (χ0) is 102. The fourth-order valence-electron chi connectivity index (χ4n) is 18.4. The van der Waals surface area contributed by atoms with E-state index in [2.05, 4.69) is 124 Å². The van der Waals surface area contributed by atoms with Crippen LogP contribution in [0.3, 0.4) is 0 Å². The lowest BCUT2D eigenvalue weighted by Crippen LogP contribution is -2.43. The normalized spacial score (nSPS) is 19.7. The first-order valence-electron chi connectivity index (χ1n) is 46.7. The fraction of sp³-hybridized carbons (Fsp3) is 0.314. The number of likely N-dealkylation sites (tertiary alicyclic amines) is 5. The Kier molecular flexibility index (Phi) is 35.2. The number of carbonyl (C=O) groups is 5. The highest BCUT2D eigenvalue weighted by molar-refractivity contribution is 9.11. The van der Waals surface area contributed by atoms with E-state index >= 15 is 0 Å². The SMILES string of the molecule is CCOc1ccc(Br)cc1CN1C[C@H](O)C[C@H]1C(=O)NCc1nc2ccccc2[nH]1.O=C(NCc1nc2ccccc2[nH]1)[C@@H]1C[C@@H](O)CN1Cc1c(F)c(F)c(F)c(F)c1F.O=C(NCc1nc2ccccc2[nH]1)[C@@H]1C[C@@H](O)CN1Cc1cc(Cl)cc(Cl)c1O.O=C(NCc1nc2ccccc2[nH]1)[C@@H]1C[C@@H](O)CN1Cc1ccc(Br)cc1.O=C(NCc1nc2ccccc2[nH]1)[C@@H]1C[C@@H](O)CN1Cc1ccc(Br)cc1F. The highest BCUT2D eigenvalue weighted by atomic mass is 79.9. The molecule has 32 nitrogen and oxygen atoms in total. The van der Waals surface area contributed by atoms with Crippen molar-refractivity contribution < 1.29 is 85.7 Å². The Morgan fingerprint density at radius 3 is 1.00 bits per heavy atom. The molecule has 5 aliphatic heterocycles. The number of aromatic amines is 5. The van der Waals surface area contributed by atoms with Crippen molar-refractivity contribution in [3.8, 4) is 11.5 Å². The van der Waals surface area contributed by atoms with Gasteiger partial charge in [-0.15, -0.1) is 0 Å². The van der Waals surface area contributed by atoms with Gasteiger partial charge < -0.3 is 86.9 Å². The lowest BCUT2D eigenvalue weighted by atomic mass is 10.1. The number of nitrogens with one attached hydrogen (secondary N) is 10. The average molecular weight is 2230 g/mol. The van der Waals surface area contributed by atoms with Crippen LogP contribution in [0.5, 0.6) is 11.5 Å². The summed E-state index contributed by atoms with van der Waals surface area (Å²) in [4.78, 5) is 111. The molecule has 0 aliphatic carbocycles. The maximum atomic E-state index is 14.2. The largest absolute Gasteiger partial charge is 0.506 e. The van der Waals surface area contributed by atoms with E-state index in [4.69, 9.17) is 27.9 Å². The van der Waals surface area contributed by atoms with Gasteiger partial charge in [-0.05, 0) is 160 Å². The number of para-hydroxylation sites is 10. The summed E-state index contributed by atoms with van der Waals surface area (Å²) in [6, 6.07) is 57.0. The molecule has 145 heavy (non-hydrogen) atoms. The summed E-state index contributed by atoms with van der Waals surface area (Å²) in [5.41, 5.74) is 10.7. The molecule has 760 valence electrons. The van der Waals surface area contributed by atoms with Crippen LogP contribution < -0.4 is 31.3 Å². The highest BCUT2D eigenvalue weighted by Crippen LogP contribution is 2.37. The highest BCUT2D eigenvalue weighted by Gasteiger charge is 2.43. The molecule has 0 spiro atoms. The van der Waals surface area contributed by atoms with Crippen LogP contribution in [0.1, 0.15) is 96.0 Å². The molecule has 5 amide bonds. The molecule has 43 heteroatoms. The maximum Gasteiger partial charge on any atom is 0.237 e. The Bertz CT molecular complexity index is 6940. The molecule has 0 unspecified atom stereocenters. The van der Waals surface area contributed by atoms with Crippen LogP contribution in [0.15, 0.2) is 208 Å². The van der Waals surface area contributed by atoms with Crippen molar-refractivity contribution in [2.75, 3.05) is 39.3 Å². The number of imidazole rings is 5. The first-order valence-corrected chi connectivity index (χ1v) is 49.8. The van der Waals surface area contributed by atoms with E-state index < -0.39 is 102 Å². The summed E-state index contributed by atoms with van der Waals surface area (Å²) in [5.74, 6) is -7.84. The monoisotopic (exact) mass is 2220 g/mol. The van der Waals surface area contributed by atoms with Gasteiger partial charge in [0.15, 0.2) is 23.3 Å². The number of H-pyrrole nitrogens is 5. The molecule has 5 fully saturated rings. The van der Waals surface area contributed by atoms with Crippen LogP contribution in [0.4, 0.5) is 26.3 Å². The van der Waals surface area contributed by atoms with Gasteiger partial charge in [0.2, 0.25) is 35.4 Å². The number of amides is 5. The van der Waals surface area contributed by atoms with Crippen molar-refractivity contribution >= 4 is 156 Å². The third kappa shape index (κ3) is 27.0. The predicted octanol–water partition coefficient (Wildman–Crippen LogP) is 13.6. The molecule has 0 radical (unpaired) electrons. The van der Waals surface area contributed by atoms with Crippen molar-refractivity contribution in [2.45, 2.75) is 165 Å². The number of aromatic nitrogens is 10. The Labute approximate surface area is 861 Å². The number of fused-ring (bicyclic) bond motifs is 5. The number of phenols is 1. The molecule has 16 N–H and O–H groups in total. The summed E-state index contributed by atoms with van der Waals surface area (Å²) < 4.78 is 90.8. The van der Waals surface area contributed by atoms with Crippen LogP contribution in [0, 0.1) is 34.9 Å². The Morgan fingerprint density at radius 2 is 0.662 bits per heavy atom. The number of phenolic OH excluding ortho intramolecular Hbond substituents is 1. The summed E-state index contributed by atoms with van der Waals surface area (Å²) in [6.45, 7) is 6.06. The number of β-amino-alcohol motifs (C(OH)–C–C–N with tert-alkyl or cyclic N) is 5. The Hall–Kier alpha value is -12.3. The van der Waals surface area contributed by atoms with Crippen LogP contribution >= 0.6 is 71.0 Å². The number of aliphatic hydroxyl groups is 5. The molecule has 5 saturated heterocycles. The van der Waals surface area contributed by atoms with E-state index in [1.54, 1.807) is 29.2 Å². The fourth-order valence-corrected chi connectivity index (χ4v) is 19.9. The second-order valence-electron chi connectivity index (χ2n) is 35.8. The molecule has 10 aromatic carbocycles. The zero-order valence-electron chi connectivity index (χ0n) is 77.9. The van der Waals surface area contributed by atoms with Gasteiger partial charge in [0, 0.05) is 106 Å². The van der Waals surface area contributed by atoms with Crippen molar-refractivity contribution in [3.63, 3.8) is 0 Å². The smallest absolute Gasteiger partial charge is 0.237 e. The molecule has 0 bridgehead atoms. The van der Waals surface area contributed by atoms with Gasteiger partial charge >= 0.3 is 0 Å². The Balaban J connectivity index is 0.000000130. The van der Waals surface area contributed by atoms with Gasteiger partial charge in [-0.2, -0.15) is 0 Å². The van der Waals surface area contributed by atoms with Crippen LogP contribution in [-0.4, -0.2) is 235 Å². The average Bonchev–Trinajstić information content (AvgIpc) is 1.73. The zero-order valence-corrected chi connectivity index (χ0v) is 84.1. The number of aliphatic hydroxyl groups excluding tert-OH is 5. The number of benzene rings is 10. The summed E-state index contributed by atoms with van der Waals surface area (Å²) in [6.07, 6.45) is -1.83. The third-order valence-corrected chi connectivity index (χ3v) is 27.3. The standard InChI is InChI=1S/C22H25BrN4O3.C20H20BrFN4O2.C20H21BrN4O2.C20H20Cl2N4O3.C20H17F5N4O2/c1-2-30-20-8-7-15(23)9-14(20)12-27-13-16(28)10-19(27)22(29)24-11-21-25-17-5-3-4-6-18(17)26-21;21-13-6-5-12(15(22)7-13)10-26-11-14(27)8-18(26)20(28)23-9-19-24-16-3-1-2-4-17(16)25-19;21-14-7-5-13(6-8-14)11-25-12-15(26)9-18(25)20(27)22-10-19-23-16-3-1-2-4-17(16)24-19;21-12-5-11(19(28)14(22)6-12)9-26-10-13(27)7-17(26)20(29)23-8-18-24-15-3-1-2-4-16(15)25-18;21-15-10(16(22)18(24)19(25)17(15)23)8-29-7-9(30)5-13(29)20(31)26-6-14-27-11-3-1-2-4-12(11)28-14/h3-9,16,19,28H,2,10-13H2,1H3,(H,24,29)(H,25,26);1-7,14,18,27H,8-11H2,(H,23,28)(H,24,25);1-8,15,18,26H,9-12H2,(H,22,27)(H,23,24);1-6,13,17,27-28H,7-10H2,(H,23,29)(H,24,25);1-4,9,13,30H,5-8H2,(H,26,31)(H,27,28)/t16-,19+;14-,18+;15-,18+;13-,17+;9-,13+/m11111/s1. The molecule has 10 atom stereocenters. The third-order valence-electron chi connectivity index (χ3n) is 25.3. The first-order chi connectivity index (χ1) is 69.8. The number of halogens is 11. The van der Waals surface area contributed by atoms with Gasteiger partial charge in [0.05, 0.1) is 160 Å². The van der Waals surface area contributed by atoms with E-state index in [1.165, 1.54) is 17.0 Å². The van der Waals surface area contributed by atoms with Crippen molar-refractivity contribution in [1.82, 2.24) is 101 Å². The number of aromatic hydroxyl groups is 1. The van der Waals surface area contributed by atoms with Crippen LogP contribution in [0.2, 0.25) is 10.0 Å². The van der Waals surface area contributed by atoms with Gasteiger partial charge in [-0.25, -0.2) is 51.3 Å². The second-order valence-corrected chi connectivity index (χ2v) is 39.3.